The van der Waals surface area contributed by atoms with Gasteiger partial charge in [0.15, 0.2) is 10.1 Å². The Bertz CT molecular complexity index is 323. The van der Waals surface area contributed by atoms with E-state index in [4.69, 9.17) is 10.4 Å². The van der Waals surface area contributed by atoms with Crippen molar-refractivity contribution in [2.75, 3.05) is 25.7 Å². The van der Waals surface area contributed by atoms with Crippen LogP contribution < -0.4 is 0 Å². The van der Waals surface area contributed by atoms with Gasteiger partial charge in [-0.1, -0.05) is 33.8 Å². The number of hydrogen-bond acceptors (Lipinski definition) is 10. The first-order valence-electron chi connectivity index (χ1n) is 4.42. The van der Waals surface area contributed by atoms with Crippen molar-refractivity contribution in [3.8, 4) is 0 Å². The normalized spacial score (nSPS) is 12.1. The van der Waals surface area contributed by atoms with Gasteiger partial charge in [0.2, 0.25) is 0 Å². The number of hydrogen-bond donors (Lipinski definition) is 2. The summed E-state index contributed by atoms with van der Waals surface area (Å²) in [4.78, 5) is 21.8. The molecule has 8 nitrogen and oxygen atoms in total. The molecule has 0 saturated carbocycles. The third-order valence-corrected chi connectivity index (χ3v) is 3.46. The average Bonchev–Trinajstić information content (AvgIpc) is 2.41. The van der Waals surface area contributed by atoms with Crippen LogP contribution in [0, 0.1) is 0 Å². The lowest BCUT2D eigenvalue weighted by atomic mass is 10.8. The zero-order chi connectivity index (χ0) is 14.0. The van der Waals surface area contributed by atoms with E-state index in [0.29, 0.717) is 0 Å². The van der Waals surface area contributed by atoms with Crippen molar-refractivity contribution in [3.63, 3.8) is 0 Å². The topological polar surface area (TPSA) is 118 Å². The molecule has 0 heterocycles. The summed E-state index contributed by atoms with van der Waals surface area (Å²) >= 11 is 1.62. The molecule has 0 spiro atoms. The van der Waals surface area contributed by atoms with Gasteiger partial charge in [-0.25, -0.2) is 0 Å². The number of ether oxygens (including phenoxy) is 2. The third kappa shape index (κ3) is 6.35. The molecule has 0 amide bonds. The molecule has 2 N–H and O–H groups in total. The fraction of sp³-hybridized carbons (Fsp3) is 0.500. The number of thioether (sulfide) groups is 2. The first-order chi connectivity index (χ1) is 8.58. The van der Waals surface area contributed by atoms with Crippen molar-refractivity contribution < 1.29 is 29.5 Å². The van der Waals surface area contributed by atoms with Crippen molar-refractivity contribution in [2.45, 2.75) is 0 Å². The van der Waals surface area contributed by atoms with Crippen LogP contribution in [0.5, 0.6) is 0 Å². The molecule has 0 aromatic rings. The summed E-state index contributed by atoms with van der Waals surface area (Å²) in [6, 6.07) is 0. The SMILES string of the molecule is COC(=O)CSC(=N\O)/C(=N/O)SCC(=O)OC. The number of carbonyl (C=O) groups is 2. The standard InChI is InChI=1S/C8H12N2O6S2/c1-15-5(11)3-17-7(9-13)8(10-14)18-4-6(12)16-2/h13-14H,3-4H2,1-2H3/b9-7-,10-8-. The zero-order valence-electron chi connectivity index (χ0n) is 9.65. The number of rotatable bonds is 4. The monoisotopic (exact) mass is 296 g/mol. The van der Waals surface area contributed by atoms with E-state index in [0.717, 1.165) is 23.5 Å². The summed E-state index contributed by atoms with van der Waals surface area (Å²) in [6.07, 6.45) is 0. The molecule has 0 aliphatic carbocycles. The second-order valence-electron chi connectivity index (χ2n) is 2.54. The number of methoxy groups -OCH3 is 2. The van der Waals surface area contributed by atoms with Gasteiger partial charge in [-0.3, -0.25) is 9.59 Å². The highest BCUT2D eigenvalue weighted by molar-refractivity contribution is 8.25. The summed E-state index contributed by atoms with van der Waals surface area (Å²) < 4.78 is 8.79. The van der Waals surface area contributed by atoms with Crippen molar-refractivity contribution in [1.29, 1.82) is 0 Å². The van der Waals surface area contributed by atoms with Crippen LogP contribution in [0.1, 0.15) is 0 Å². The molecular formula is C8H12N2O6S2. The van der Waals surface area contributed by atoms with Crippen molar-refractivity contribution in [2.24, 2.45) is 10.3 Å². The summed E-state index contributed by atoms with van der Waals surface area (Å²) in [5, 5.41) is 23.0. The molecule has 0 fully saturated rings. The van der Waals surface area contributed by atoms with E-state index in [2.05, 4.69) is 19.8 Å². The quantitative estimate of drug-likeness (QED) is 0.251. The Hall–Kier alpha value is -1.42. The van der Waals surface area contributed by atoms with Crippen LogP contribution in [0.4, 0.5) is 0 Å². The van der Waals surface area contributed by atoms with E-state index in [1.54, 1.807) is 0 Å². The summed E-state index contributed by atoms with van der Waals surface area (Å²) in [6.45, 7) is 0. The van der Waals surface area contributed by atoms with Crippen LogP contribution in [0.25, 0.3) is 0 Å². The number of carbonyl (C=O) groups excluding carboxylic acids is 2. The molecule has 0 aliphatic rings. The summed E-state index contributed by atoms with van der Waals surface area (Å²) in [5.74, 6) is -1.30. The molecular weight excluding hydrogens is 284 g/mol. The first kappa shape index (κ1) is 16.6. The fourth-order valence-electron chi connectivity index (χ4n) is 0.639. The molecule has 102 valence electrons. The highest BCUT2D eigenvalue weighted by Crippen LogP contribution is 2.15. The van der Waals surface area contributed by atoms with E-state index >= 15 is 0 Å². The van der Waals surface area contributed by atoms with Gasteiger partial charge in [0.1, 0.15) is 0 Å². The van der Waals surface area contributed by atoms with Crippen molar-refractivity contribution in [3.05, 3.63) is 0 Å². The van der Waals surface area contributed by atoms with Gasteiger partial charge in [-0.15, -0.1) is 0 Å². The maximum absolute atomic E-state index is 10.9. The molecule has 0 aromatic carbocycles. The van der Waals surface area contributed by atoms with Gasteiger partial charge in [0.25, 0.3) is 0 Å². The fourth-order valence-corrected chi connectivity index (χ4v) is 2.18. The summed E-state index contributed by atoms with van der Waals surface area (Å²) in [5.41, 5.74) is 0. The molecule has 0 rings (SSSR count). The molecule has 0 unspecified atom stereocenters. The summed E-state index contributed by atoms with van der Waals surface area (Å²) in [7, 11) is 2.43. The molecule has 0 radical (unpaired) electrons. The average molecular weight is 296 g/mol. The van der Waals surface area contributed by atoms with Crippen LogP contribution in [-0.2, 0) is 19.1 Å². The molecule has 18 heavy (non-hydrogen) atoms. The molecule has 0 bridgehead atoms. The Morgan fingerprint density at radius 1 is 0.944 bits per heavy atom. The van der Waals surface area contributed by atoms with E-state index in [1.165, 1.54) is 14.2 Å². The van der Waals surface area contributed by atoms with E-state index in [1.807, 2.05) is 0 Å². The smallest absolute Gasteiger partial charge is 0.316 e. The lowest BCUT2D eigenvalue weighted by molar-refractivity contribution is -0.138. The molecule has 10 heteroatoms. The predicted molar refractivity (Wildman–Crippen MR) is 67.4 cm³/mol. The molecule has 0 saturated heterocycles. The first-order valence-corrected chi connectivity index (χ1v) is 6.39. The third-order valence-electron chi connectivity index (χ3n) is 1.47. The maximum Gasteiger partial charge on any atom is 0.316 e. The predicted octanol–water partition coefficient (Wildman–Crippen LogP) is 0.374. The lowest BCUT2D eigenvalue weighted by Gasteiger charge is -2.04. The number of nitrogens with zero attached hydrogens (tertiary/aromatic N) is 2. The Balaban J connectivity index is 4.42. The lowest BCUT2D eigenvalue weighted by Crippen LogP contribution is -2.14. The molecule has 0 aliphatic heterocycles. The van der Waals surface area contributed by atoms with Gasteiger partial charge >= 0.3 is 11.9 Å². The Kier molecular flexibility index (Phi) is 8.84. The number of esters is 2. The van der Waals surface area contributed by atoms with Gasteiger partial charge in [-0.2, -0.15) is 0 Å². The van der Waals surface area contributed by atoms with Crippen molar-refractivity contribution >= 4 is 45.5 Å². The highest BCUT2D eigenvalue weighted by atomic mass is 32.2. The van der Waals surface area contributed by atoms with Gasteiger partial charge < -0.3 is 19.9 Å². The second-order valence-corrected chi connectivity index (χ2v) is 4.47. The molecule has 0 aromatic heterocycles. The largest absolute Gasteiger partial charge is 0.468 e. The highest BCUT2D eigenvalue weighted by Gasteiger charge is 2.16. The van der Waals surface area contributed by atoms with Gasteiger partial charge in [0.05, 0.1) is 25.7 Å². The van der Waals surface area contributed by atoms with Crippen LogP contribution in [0.3, 0.4) is 0 Å². The van der Waals surface area contributed by atoms with E-state index < -0.39 is 11.9 Å². The minimum atomic E-state index is -0.531. The van der Waals surface area contributed by atoms with E-state index in [-0.39, 0.29) is 21.6 Å². The van der Waals surface area contributed by atoms with Crippen LogP contribution >= 0.6 is 23.5 Å². The maximum atomic E-state index is 10.9. The Morgan fingerprint density at radius 3 is 1.50 bits per heavy atom. The molecule has 0 atom stereocenters. The van der Waals surface area contributed by atoms with Crippen molar-refractivity contribution in [1.82, 2.24) is 0 Å². The minimum absolute atomic E-state index is 0.100. The van der Waals surface area contributed by atoms with Gasteiger partial charge in [0, 0.05) is 0 Å². The van der Waals surface area contributed by atoms with E-state index in [9.17, 15) is 9.59 Å². The van der Waals surface area contributed by atoms with Crippen LogP contribution in [0.15, 0.2) is 10.3 Å². The Labute approximate surface area is 111 Å². The van der Waals surface area contributed by atoms with Crippen LogP contribution in [0.2, 0.25) is 0 Å². The Morgan fingerprint density at radius 2 is 1.28 bits per heavy atom. The number of oxime groups is 2. The van der Waals surface area contributed by atoms with Gasteiger partial charge in [-0.05, 0) is 0 Å². The minimum Gasteiger partial charge on any atom is -0.468 e. The second kappa shape index (κ2) is 9.59. The zero-order valence-corrected chi connectivity index (χ0v) is 11.3. The van der Waals surface area contributed by atoms with Crippen LogP contribution in [-0.4, -0.2) is 58.2 Å².